The van der Waals surface area contributed by atoms with E-state index in [1.165, 1.54) is 0 Å². The average molecular weight is 393 g/mol. The van der Waals surface area contributed by atoms with E-state index < -0.39 is 0 Å². The van der Waals surface area contributed by atoms with Crippen molar-refractivity contribution in [3.05, 3.63) is 29.8 Å². The van der Waals surface area contributed by atoms with Gasteiger partial charge in [0.2, 0.25) is 5.75 Å². The van der Waals surface area contributed by atoms with Gasteiger partial charge in [0.1, 0.15) is 0 Å². The highest BCUT2D eigenvalue weighted by atomic mass is 35.5. The molecular formula is C18H30Cl2N2O3. The zero-order valence-electron chi connectivity index (χ0n) is 15.5. The first-order valence-corrected chi connectivity index (χ1v) is 8.00. The number of halogens is 2. The Balaban J connectivity index is 0.00000288. The fourth-order valence-electron chi connectivity index (χ4n) is 3.15. The van der Waals surface area contributed by atoms with Crippen molar-refractivity contribution in [3.8, 4) is 17.2 Å². The molecule has 1 aliphatic heterocycles. The fourth-order valence-corrected chi connectivity index (χ4v) is 3.15. The van der Waals surface area contributed by atoms with Crippen molar-refractivity contribution in [2.24, 2.45) is 0 Å². The van der Waals surface area contributed by atoms with E-state index in [0.717, 1.165) is 49.5 Å². The lowest BCUT2D eigenvalue weighted by molar-refractivity contribution is 0.168. The Labute approximate surface area is 163 Å². The molecule has 2 rings (SSSR count). The maximum Gasteiger partial charge on any atom is 0.203 e. The summed E-state index contributed by atoms with van der Waals surface area (Å²) < 4.78 is 16.6. The molecule has 1 fully saturated rings. The number of ether oxygens (including phenoxy) is 3. The van der Waals surface area contributed by atoms with Crippen LogP contribution in [-0.4, -0.2) is 52.4 Å². The van der Waals surface area contributed by atoms with Gasteiger partial charge in [-0.1, -0.05) is 5.57 Å². The van der Waals surface area contributed by atoms with Crippen molar-refractivity contribution < 1.29 is 14.2 Å². The Kier molecular flexibility index (Phi) is 10.9. The van der Waals surface area contributed by atoms with E-state index in [1.54, 1.807) is 21.3 Å². The highest BCUT2D eigenvalue weighted by molar-refractivity contribution is 5.85. The molecule has 1 N–H and O–H groups in total. The van der Waals surface area contributed by atoms with Crippen molar-refractivity contribution in [1.29, 1.82) is 0 Å². The Morgan fingerprint density at radius 2 is 1.68 bits per heavy atom. The van der Waals surface area contributed by atoms with Gasteiger partial charge in [-0.3, -0.25) is 4.90 Å². The molecule has 1 aliphatic rings. The third kappa shape index (κ3) is 5.68. The van der Waals surface area contributed by atoms with Crippen molar-refractivity contribution in [2.45, 2.75) is 19.4 Å². The normalized spacial score (nSPS) is 15.4. The predicted octanol–water partition coefficient (Wildman–Crippen LogP) is 3.47. The van der Waals surface area contributed by atoms with Crippen LogP contribution in [0, 0.1) is 0 Å². The standard InChI is InChI=1S/C18H28N2O3.2ClH/c1-13(2)12-15(20-10-8-19-9-11-20)14-6-7-16(21-3)18(23-5)17(14)22-4;;/h6-7,15,19H,1,8-12H2,2-5H3;2*1H/t15-;;/m0../s1. The van der Waals surface area contributed by atoms with Gasteiger partial charge in [0.25, 0.3) is 0 Å². The smallest absolute Gasteiger partial charge is 0.203 e. The number of hydrogen-bond acceptors (Lipinski definition) is 5. The Hall–Kier alpha value is -1.14. The molecule has 7 heteroatoms. The first-order chi connectivity index (χ1) is 11.1. The lowest BCUT2D eigenvalue weighted by atomic mass is 9.96. The van der Waals surface area contributed by atoms with Gasteiger partial charge < -0.3 is 19.5 Å². The summed E-state index contributed by atoms with van der Waals surface area (Å²) in [6.07, 6.45) is 0.895. The topological polar surface area (TPSA) is 43.0 Å². The largest absolute Gasteiger partial charge is 0.493 e. The number of nitrogens with zero attached hydrogens (tertiary/aromatic N) is 1. The molecule has 1 heterocycles. The van der Waals surface area contributed by atoms with Gasteiger partial charge in [0.05, 0.1) is 21.3 Å². The number of rotatable bonds is 7. The number of nitrogens with one attached hydrogen (secondary N) is 1. The van der Waals surface area contributed by atoms with Crippen molar-refractivity contribution >= 4 is 24.8 Å². The maximum absolute atomic E-state index is 5.69. The second-order valence-corrected chi connectivity index (χ2v) is 5.89. The summed E-state index contributed by atoms with van der Waals surface area (Å²) >= 11 is 0. The van der Waals surface area contributed by atoms with Crippen LogP contribution in [-0.2, 0) is 0 Å². The summed E-state index contributed by atoms with van der Waals surface area (Å²) in [5.41, 5.74) is 2.28. The zero-order valence-corrected chi connectivity index (χ0v) is 17.1. The highest BCUT2D eigenvalue weighted by Crippen LogP contribution is 2.44. The van der Waals surface area contributed by atoms with Crippen LogP contribution < -0.4 is 19.5 Å². The van der Waals surface area contributed by atoms with Crippen LogP contribution in [0.1, 0.15) is 24.9 Å². The Bertz CT molecular complexity index is 549. The van der Waals surface area contributed by atoms with Crippen LogP contribution in [0.25, 0.3) is 0 Å². The average Bonchev–Trinajstić information content (AvgIpc) is 2.58. The molecule has 0 saturated carbocycles. The minimum atomic E-state index is 0. The van der Waals surface area contributed by atoms with Gasteiger partial charge in [-0.25, -0.2) is 0 Å². The quantitative estimate of drug-likeness (QED) is 0.719. The molecule has 0 aliphatic carbocycles. The lowest BCUT2D eigenvalue weighted by Gasteiger charge is -2.36. The summed E-state index contributed by atoms with van der Waals surface area (Å²) in [5, 5.41) is 3.40. The van der Waals surface area contributed by atoms with E-state index in [2.05, 4.69) is 29.8 Å². The molecule has 0 unspecified atom stereocenters. The summed E-state index contributed by atoms with van der Waals surface area (Å²) in [7, 11) is 4.96. The number of methoxy groups -OCH3 is 3. The predicted molar refractivity (Wildman–Crippen MR) is 107 cm³/mol. The molecule has 144 valence electrons. The van der Waals surface area contributed by atoms with Gasteiger partial charge in [-0.15, -0.1) is 31.4 Å². The molecule has 0 amide bonds. The zero-order chi connectivity index (χ0) is 16.8. The molecule has 5 nitrogen and oxygen atoms in total. The van der Waals surface area contributed by atoms with Crippen LogP contribution >= 0.6 is 24.8 Å². The second kappa shape index (κ2) is 11.5. The maximum atomic E-state index is 5.69. The van der Waals surface area contributed by atoms with E-state index >= 15 is 0 Å². The summed E-state index contributed by atoms with van der Waals surface area (Å²) in [5.74, 6) is 2.08. The fraction of sp³-hybridized carbons (Fsp3) is 0.556. The minimum absolute atomic E-state index is 0. The molecular weight excluding hydrogens is 363 g/mol. The van der Waals surface area contributed by atoms with Crippen LogP contribution in [0.4, 0.5) is 0 Å². The molecule has 25 heavy (non-hydrogen) atoms. The van der Waals surface area contributed by atoms with E-state index in [-0.39, 0.29) is 30.9 Å². The van der Waals surface area contributed by atoms with Gasteiger partial charge in [0.15, 0.2) is 11.5 Å². The van der Waals surface area contributed by atoms with Crippen LogP contribution in [0.15, 0.2) is 24.3 Å². The van der Waals surface area contributed by atoms with E-state index in [9.17, 15) is 0 Å². The van der Waals surface area contributed by atoms with E-state index in [4.69, 9.17) is 14.2 Å². The van der Waals surface area contributed by atoms with Crippen molar-refractivity contribution in [1.82, 2.24) is 10.2 Å². The number of piperazine rings is 1. The summed E-state index contributed by atoms with van der Waals surface area (Å²) in [6.45, 7) is 10.2. The molecule has 0 spiro atoms. The van der Waals surface area contributed by atoms with Gasteiger partial charge in [-0.2, -0.15) is 0 Å². The molecule has 0 bridgehead atoms. The summed E-state index contributed by atoms with van der Waals surface area (Å²) in [4.78, 5) is 2.48. The lowest BCUT2D eigenvalue weighted by Crippen LogP contribution is -2.45. The monoisotopic (exact) mass is 392 g/mol. The molecule has 1 atom stereocenters. The third-order valence-electron chi connectivity index (χ3n) is 4.23. The molecule has 1 aromatic rings. The SMILES string of the molecule is C=C(C)C[C@@H](c1ccc(OC)c(OC)c1OC)N1CCNCC1.Cl.Cl. The summed E-state index contributed by atoms with van der Waals surface area (Å²) in [6, 6.07) is 4.25. The van der Waals surface area contributed by atoms with Gasteiger partial charge in [-0.05, 0) is 25.5 Å². The van der Waals surface area contributed by atoms with E-state index in [1.807, 2.05) is 6.07 Å². The van der Waals surface area contributed by atoms with E-state index in [0.29, 0.717) is 11.5 Å². The van der Waals surface area contributed by atoms with Crippen LogP contribution in [0.2, 0.25) is 0 Å². The first kappa shape index (κ1) is 23.9. The molecule has 1 aromatic carbocycles. The highest BCUT2D eigenvalue weighted by Gasteiger charge is 2.27. The van der Waals surface area contributed by atoms with Crippen molar-refractivity contribution in [3.63, 3.8) is 0 Å². The Morgan fingerprint density at radius 1 is 1.08 bits per heavy atom. The van der Waals surface area contributed by atoms with Gasteiger partial charge in [0, 0.05) is 37.8 Å². The molecule has 0 aromatic heterocycles. The number of benzene rings is 1. The second-order valence-electron chi connectivity index (χ2n) is 5.89. The van der Waals surface area contributed by atoms with Crippen molar-refractivity contribution in [2.75, 3.05) is 47.5 Å². The van der Waals surface area contributed by atoms with Gasteiger partial charge >= 0.3 is 0 Å². The third-order valence-corrected chi connectivity index (χ3v) is 4.23. The molecule has 0 radical (unpaired) electrons. The van der Waals surface area contributed by atoms with Crippen LogP contribution in [0.3, 0.4) is 0 Å². The van der Waals surface area contributed by atoms with Crippen LogP contribution in [0.5, 0.6) is 17.2 Å². The molecule has 1 saturated heterocycles. The Morgan fingerprint density at radius 3 is 2.16 bits per heavy atom. The first-order valence-electron chi connectivity index (χ1n) is 8.00. The minimum Gasteiger partial charge on any atom is -0.493 e. The number of hydrogen-bond donors (Lipinski definition) is 1.